The Morgan fingerprint density at radius 1 is 1.24 bits per heavy atom. The van der Waals surface area contributed by atoms with E-state index in [2.05, 4.69) is 24.1 Å². The largest absolute Gasteiger partial charge is 0.439 e. The molecule has 1 heterocycles. The molecule has 3 nitrogen and oxygen atoms in total. The van der Waals surface area contributed by atoms with E-state index in [1.54, 1.807) is 12.3 Å². The molecule has 0 saturated heterocycles. The molecule has 0 bridgehead atoms. The molecular formula is C16H18Cl2N2O. The Bertz CT molecular complexity index is 630. The van der Waals surface area contributed by atoms with Gasteiger partial charge in [-0.2, -0.15) is 0 Å². The highest BCUT2D eigenvalue weighted by atomic mass is 35.5. The Balaban J connectivity index is 2.20. The highest BCUT2D eigenvalue weighted by molar-refractivity contribution is 6.31. The van der Waals surface area contributed by atoms with E-state index in [9.17, 15) is 0 Å². The van der Waals surface area contributed by atoms with Crippen molar-refractivity contribution in [2.24, 2.45) is 0 Å². The molecule has 0 amide bonds. The summed E-state index contributed by atoms with van der Waals surface area (Å²) in [5.41, 5.74) is 1.95. The topological polar surface area (TPSA) is 34.1 Å². The predicted octanol–water partition coefficient (Wildman–Crippen LogP) is 4.99. The maximum absolute atomic E-state index is 6.16. The maximum atomic E-state index is 6.16. The minimum atomic E-state index is 0.383. The van der Waals surface area contributed by atoms with Crippen molar-refractivity contribution in [3.63, 3.8) is 0 Å². The number of pyridine rings is 1. The highest BCUT2D eigenvalue weighted by Gasteiger charge is 2.08. The van der Waals surface area contributed by atoms with E-state index in [1.165, 1.54) is 0 Å². The first-order valence-corrected chi connectivity index (χ1v) is 7.53. The number of hydrogen-bond acceptors (Lipinski definition) is 3. The van der Waals surface area contributed by atoms with E-state index in [-0.39, 0.29) is 0 Å². The fourth-order valence-electron chi connectivity index (χ4n) is 1.76. The van der Waals surface area contributed by atoms with E-state index in [1.807, 2.05) is 25.1 Å². The van der Waals surface area contributed by atoms with Crippen LogP contribution in [0.1, 0.15) is 25.0 Å². The molecule has 0 aliphatic rings. The number of nitrogens with one attached hydrogen (secondary N) is 1. The first-order valence-electron chi connectivity index (χ1n) is 6.77. The second-order valence-electron chi connectivity index (χ2n) is 5.16. The van der Waals surface area contributed by atoms with E-state index in [0.29, 0.717) is 34.3 Å². The molecule has 0 aliphatic heterocycles. The van der Waals surface area contributed by atoms with Crippen LogP contribution in [0.5, 0.6) is 11.6 Å². The molecule has 0 aliphatic carbocycles. The zero-order valence-corrected chi connectivity index (χ0v) is 13.8. The molecule has 0 fully saturated rings. The number of aryl methyl sites for hydroxylation is 1. The molecular weight excluding hydrogens is 307 g/mol. The van der Waals surface area contributed by atoms with Crippen LogP contribution in [0.3, 0.4) is 0 Å². The molecule has 0 spiro atoms. The summed E-state index contributed by atoms with van der Waals surface area (Å²) in [6, 6.07) is 7.75. The summed E-state index contributed by atoms with van der Waals surface area (Å²) in [7, 11) is 0. The monoisotopic (exact) mass is 324 g/mol. The van der Waals surface area contributed by atoms with Gasteiger partial charge in [-0.15, -0.1) is 0 Å². The minimum absolute atomic E-state index is 0.383. The van der Waals surface area contributed by atoms with Crippen LogP contribution in [-0.2, 0) is 6.54 Å². The standard InChI is InChI=1S/C16H18Cl2N2O/c1-10(2)19-8-12-6-16(20-9-14(12)18)21-15-7-13(17)5-4-11(15)3/h4-7,9-10,19H,8H2,1-3H3. The van der Waals surface area contributed by atoms with Crippen LogP contribution >= 0.6 is 23.2 Å². The van der Waals surface area contributed by atoms with Gasteiger partial charge < -0.3 is 10.1 Å². The van der Waals surface area contributed by atoms with Gasteiger partial charge in [0.05, 0.1) is 5.02 Å². The molecule has 1 N–H and O–H groups in total. The Labute approximate surface area is 135 Å². The second-order valence-corrected chi connectivity index (χ2v) is 6.01. The van der Waals surface area contributed by atoms with Gasteiger partial charge in [0, 0.05) is 29.9 Å². The first-order chi connectivity index (χ1) is 9.95. The predicted molar refractivity (Wildman–Crippen MR) is 87.5 cm³/mol. The zero-order valence-electron chi connectivity index (χ0n) is 12.3. The highest BCUT2D eigenvalue weighted by Crippen LogP contribution is 2.28. The van der Waals surface area contributed by atoms with Crippen LogP contribution in [0.2, 0.25) is 10.0 Å². The van der Waals surface area contributed by atoms with Gasteiger partial charge in [-0.1, -0.05) is 43.1 Å². The summed E-state index contributed by atoms with van der Waals surface area (Å²) in [6.07, 6.45) is 1.61. The molecule has 0 saturated carbocycles. The summed E-state index contributed by atoms with van der Waals surface area (Å²) >= 11 is 12.2. The third-order valence-electron chi connectivity index (χ3n) is 2.98. The van der Waals surface area contributed by atoms with Gasteiger partial charge in [0.25, 0.3) is 0 Å². The van der Waals surface area contributed by atoms with Crippen LogP contribution in [-0.4, -0.2) is 11.0 Å². The molecule has 0 atom stereocenters. The van der Waals surface area contributed by atoms with Gasteiger partial charge in [0.2, 0.25) is 5.88 Å². The Hall–Kier alpha value is -1.29. The SMILES string of the molecule is Cc1ccc(Cl)cc1Oc1cc(CNC(C)C)c(Cl)cn1. The van der Waals surface area contributed by atoms with Crippen molar-refractivity contribution in [2.75, 3.05) is 0 Å². The van der Waals surface area contributed by atoms with Gasteiger partial charge in [-0.25, -0.2) is 4.98 Å². The lowest BCUT2D eigenvalue weighted by Crippen LogP contribution is -2.22. The smallest absolute Gasteiger partial charge is 0.219 e. The average Bonchev–Trinajstić information content (AvgIpc) is 2.43. The molecule has 2 rings (SSSR count). The van der Waals surface area contributed by atoms with Gasteiger partial charge in [0.15, 0.2) is 0 Å². The Morgan fingerprint density at radius 2 is 2.00 bits per heavy atom. The van der Waals surface area contributed by atoms with Crippen molar-refractivity contribution < 1.29 is 4.74 Å². The van der Waals surface area contributed by atoms with Crippen LogP contribution in [0.15, 0.2) is 30.5 Å². The molecule has 1 aromatic heterocycles. The molecule has 0 radical (unpaired) electrons. The Kier molecular flexibility index (Phi) is 5.45. The molecule has 112 valence electrons. The van der Waals surface area contributed by atoms with Crippen molar-refractivity contribution in [2.45, 2.75) is 33.4 Å². The third kappa shape index (κ3) is 4.60. The number of benzene rings is 1. The lowest BCUT2D eigenvalue weighted by atomic mass is 10.2. The van der Waals surface area contributed by atoms with Gasteiger partial charge in [0.1, 0.15) is 5.75 Å². The average molecular weight is 325 g/mol. The zero-order chi connectivity index (χ0) is 15.4. The van der Waals surface area contributed by atoms with Gasteiger partial charge in [-0.3, -0.25) is 0 Å². The molecule has 1 aromatic carbocycles. The molecule has 5 heteroatoms. The quantitative estimate of drug-likeness (QED) is 0.841. The molecule has 0 unspecified atom stereocenters. The van der Waals surface area contributed by atoms with Crippen LogP contribution in [0.25, 0.3) is 0 Å². The van der Waals surface area contributed by atoms with Crippen LogP contribution < -0.4 is 10.1 Å². The van der Waals surface area contributed by atoms with Gasteiger partial charge in [-0.05, 0) is 30.2 Å². The van der Waals surface area contributed by atoms with Crippen molar-refractivity contribution in [1.82, 2.24) is 10.3 Å². The summed E-state index contributed by atoms with van der Waals surface area (Å²) in [5, 5.41) is 4.58. The van der Waals surface area contributed by atoms with E-state index >= 15 is 0 Å². The summed E-state index contributed by atoms with van der Waals surface area (Å²) in [4.78, 5) is 4.21. The van der Waals surface area contributed by atoms with Crippen molar-refractivity contribution in [1.29, 1.82) is 0 Å². The number of rotatable bonds is 5. The van der Waals surface area contributed by atoms with Crippen LogP contribution in [0, 0.1) is 6.92 Å². The van der Waals surface area contributed by atoms with E-state index in [0.717, 1.165) is 11.1 Å². The second kappa shape index (κ2) is 7.12. The molecule has 2 aromatic rings. The number of halogens is 2. The maximum Gasteiger partial charge on any atom is 0.219 e. The van der Waals surface area contributed by atoms with Crippen molar-refractivity contribution in [3.8, 4) is 11.6 Å². The van der Waals surface area contributed by atoms with E-state index < -0.39 is 0 Å². The fraction of sp³-hybridized carbons (Fsp3) is 0.312. The number of ether oxygens (including phenoxy) is 1. The normalized spacial score (nSPS) is 11.0. The van der Waals surface area contributed by atoms with Crippen LogP contribution in [0.4, 0.5) is 0 Å². The fourth-order valence-corrected chi connectivity index (χ4v) is 2.09. The summed E-state index contributed by atoms with van der Waals surface area (Å²) < 4.78 is 5.81. The lowest BCUT2D eigenvalue weighted by molar-refractivity contribution is 0.458. The van der Waals surface area contributed by atoms with E-state index in [4.69, 9.17) is 27.9 Å². The Morgan fingerprint density at radius 3 is 2.71 bits per heavy atom. The third-order valence-corrected chi connectivity index (χ3v) is 3.55. The lowest BCUT2D eigenvalue weighted by Gasteiger charge is -2.12. The number of hydrogen-bond donors (Lipinski definition) is 1. The summed E-state index contributed by atoms with van der Waals surface area (Å²) in [6.45, 7) is 6.80. The summed E-state index contributed by atoms with van der Waals surface area (Å²) in [5.74, 6) is 1.20. The van der Waals surface area contributed by atoms with Crippen molar-refractivity contribution in [3.05, 3.63) is 51.6 Å². The minimum Gasteiger partial charge on any atom is -0.439 e. The number of aromatic nitrogens is 1. The number of nitrogens with zero attached hydrogens (tertiary/aromatic N) is 1. The first kappa shape index (κ1) is 16.1. The van der Waals surface area contributed by atoms with Gasteiger partial charge >= 0.3 is 0 Å². The van der Waals surface area contributed by atoms with Crippen molar-refractivity contribution >= 4 is 23.2 Å². The molecule has 21 heavy (non-hydrogen) atoms.